The van der Waals surface area contributed by atoms with Gasteiger partial charge in [-0.3, -0.25) is 0 Å². The Morgan fingerprint density at radius 3 is 2.57 bits per heavy atom. The Balaban J connectivity index is 2.51. The largest absolute Gasteiger partial charge is 0.324 e. The van der Waals surface area contributed by atoms with Crippen LogP contribution in [0, 0.1) is 13.8 Å². The van der Waals surface area contributed by atoms with E-state index in [1.165, 1.54) is 34.6 Å². The third kappa shape index (κ3) is 3.10. The number of hydrogen-bond donors (Lipinski definition) is 1. The molecule has 0 aliphatic heterocycles. The van der Waals surface area contributed by atoms with Crippen molar-refractivity contribution >= 4 is 11.3 Å². The van der Waals surface area contributed by atoms with Gasteiger partial charge in [0.25, 0.3) is 0 Å². The fraction of sp³-hybridized carbons (Fsp3) is 0.667. The van der Waals surface area contributed by atoms with Gasteiger partial charge in [0.05, 0.1) is 0 Å². The quantitative estimate of drug-likeness (QED) is 0.733. The minimum atomic E-state index is 0.256. The molecule has 1 rings (SSSR count). The van der Waals surface area contributed by atoms with Gasteiger partial charge in [-0.05, 0) is 31.9 Å². The summed E-state index contributed by atoms with van der Waals surface area (Å²) in [5, 5.41) is 0. The van der Waals surface area contributed by atoms with E-state index in [1.54, 1.807) is 0 Å². The van der Waals surface area contributed by atoms with Crippen molar-refractivity contribution in [3.05, 3.63) is 21.4 Å². The fourth-order valence-corrected chi connectivity index (χ4v) is 2.79. The fourth-order valence-electron chi connectivity index (χ4n) is 1.79. The van der Waals surface area contributed by atoms with E-state index in [0.717, 1.165) is 6.42 Å². The molecule has 1 nitrogen and oxygen atoms in total. The van der Waals surface area contributed by atoms with E-state index in [1.807, 2.05) is 11.3 Å². The van der Waals surface area contributed by atoms with Crippen molar-refractivity contribution in [1.29, 1.82) is 0 Å². The molecule has 1 aromatic rings. The van der Waals surface area contributed by atoms with Crippen LogP contribution in [0.5, 0.6) is 0 Å². The van der Waals surface area contributed by atoms with E-state index in [2.05, 4.69) is 26.8 Å². The molecule has 1 unspecified atom stereocenters. The molecule has 0 aliphatic rings. The summed E-state index contributed by atoms with van der Waals surface area (Å²) in [6.45, 7) is 6.55. The Morgan fingerprint density at radius 2 is 2.07 bits per heavy atom. The molecule has 0 saturated carbocycles. The standard InChI is InChI=1S/C12H21NS/c1-4-5-6-7-12(13)11-8-9(2)14-10(11)3/h8,12H,4-7,13H2,1-3H3. The second kappa shape index (κ2) is 5.52. The number of nitrogens with two attached hydrogens (primary N) is 1. The van der Waals surface area contributed by atoms with Crippen molar-refractivity contribution < 1.29 is 0 Å². The number of aryl methyl sites for hydroxylation is 2. The molecule has 2 heteroatoms. The zero-order valence-corrected chi connectivity index (χ0v) is 10.3. The third-order valence-corrected chi connectivity index (χ3v) is 3.58. The lowest BCUT2D eigenvalue weighted by Crippen LogP contribution is -2.10. The molecule has 0 amide bonds. The Kier molecular flexibility index (Phi) is 4.63. The van der Waals surface area contributed by atoms with Gasteiger partial charge in [0.2, 0.25) is 0 Å². The van der Waals surface area contributed by atoms with Gasteiger partial charge < -0.3 is 5.73 Å². The second-order valence-corrected chi connectivity index (χ2v) is 5.43. The minimum absolute atomic E-state index is 0.256. The maximum Gasteiger partial charge on any atom is 0.0305 e. The minimum Gasteiger partial charge on any atom is -0.324 e. The average Bonchev–Trinajstić information content (AvgIpc) is 2.45. The number of thiophene rings is 1. The molecule has 14 heavy (non-hydrogen) atoms. The molecular formula is C12H21NS. The first-order valence-corrected chi connectivity index (χ1v) is 6.29. The van der Waals surface area contributed by atoms with Crippen LogP contribution in [0.2, 0.25) is 0 Å². The van der Waals surface area contributed by atoms with E-state index >= 15 is 0 Å². The van der Waals surface area contributed by atoms with E-state index in [0.29, 0.717) is 0 Å². The molecule has 1 heterocycles. The third-order valence-electron chi connectivity index (χ3n) is 2.60. The lowest BCUT2D eigenvalue weighted by atomic mass is 10.0. The summed E-state index contributed by atoms with van der Waals surface area (Å²) in [6.07, 6.45) is 4.96. The first-order chi connectivity index (χ1) is 6.65. The maximum atomic E-state index is 6.16. The Hall–Kier alpha value is -0.340. The van der Waals surface area contributed by atoms with Crippen molar-refractivity contribution in [3.8, 4) is 0 Å². The van der Waals surface area contributed by atoms with Crippen LogP contribution in [0.1, 0.15) is 54.0 Å². The Morgan fingerprint density at radius 1 is 1.36 bits per heavy atom. The van der Waals surface area contributed by atoms with E-state index in [9.17, 15) is 0 Å². The lowest BCUT2D eigenvalue weighted by molar-refractivity contribution is 0.581. The first kappa shape index (κ1) is 11.7. The van der Waals surface area contributed by atoms with Gasteiger partial charge in [0.1, 0.15) is 0 Å². The van der Waals surface area contributed by atoms with Crippen LogP contribution in [0.15, 0.2) is 6.07 Å². The van der Waals surface area contributed by atoms with Crippen LogP contribution in [0.3, 0.4) is 0 Å². The summed E-state index contributed by atoms with van der Waals surface area (Å²) < 4.78 is 0. The van der Waals surface area contributed by atoms with Crippen LogP contribution in [0.25, 0.3) is 0 Å². The number of rotatable bonds is 5. The van der Waals surface area contributed by atoms with Gasteiger partial charge in [-0.2, -0.15) is 0 Å². The van der Waals surface area contributed by atoms with E-state index in [-0.39, 0.29) is 6.04 Å². The Bertz CT molecular complexity index is 278. The van der Waals surface area contributed by atoms with E-state index in [4.69, 9.17) is 5.73 Å². The van der Waals surface area contributed by atoms with Gasteiger partial charge in [-0.1, -0.05) is 26.2 Å². The molecule has 1 aromatic heterocycles. The molecule has 0 aliphatic carbocycles. The topological polar surface area (TPSA) is 26.0 Å². The molecule has 0 spiro atoms. The molecule has 0 saturated heterocycles. The predicted molar refractivity (Wildman–Crippen MR) is 64.9 cm³/mol. The van der Waals surface area contributed by atoms with Gasteiger partial charge in [-0.25, -0.2) is 0 Å². The monoisotopic (exact) mass is 211 g/mol. The van der Waals surface area contributed by atoms with Crippen molar-refractivity contribution in [2.45, 2.75) is 52.5 Å². The highest BCUT2D eigenvalue weighted by molar-refractivity contribution is 7.12. The van der Waals surface area contributed by atoms with Gasteiger partial charge >= 0.3 is 0 Å². The van der Waals surface area contributed by atoms with Gasteiger partial charge in [0.15, 0.2) is 0 Å². The molecule has 80 valence electrons. The summed E-state index contributed by atoms with van der Waals surface area (Å²) >= 11 is 1.86. The highest BCUT2D eigenvalue weighted by atomic mass is 32.1. The van der Waals surface area contributed by atoms with Crippen molar-refractivity contribution in [3.63, 3.8) is 0 Å². The van der Waals surface area contributed by atoms with Crippen molar-refractivity contribution in [2.24, 2.45) is 5.73 Å². The molecule has 0 aromatic carbocycles. The predicted octanol–water partition coefficient (Wildman–Crippen LogP) is 3.95. The number of unbranched alkanes of at least 4 members (excludes halogenated alkanes) is 2. The lowest BCUT2D eigenvalue weighted by Gasteiger charge is -2.10. The summed E-state index contributed by atoms with van der Waals surface area (Å²) in [5.41, 5.74) is 7.52. The normalized spacial score (nSPS) is 13.1. The molecule has 0 bridgehead atoms. The van der Waals surface area contributed by atoms with Crippen LogP contribution in [0.4, 0.5) is 0 Å². The maximum absolute atomic E-state index is 6.16. The summed E-state index contributed by atoms with van der Waals surface area (Å²) in [7, 11) is 0. The summed E-state index contributed by atoms with van der Waals surface area (Å²) in [5.74, 6) is 0. The molecule has 1 atom stereocenters. The Labute approximate surface area is 91.3 Å². The van der Waals surface area contributed by atoms with Crippen molar-refractivity contribution in [1.82, 2.24) is 0 Å². The zero-order chi connectivity index (χ0) is 10.6. The smallest absolute Gasteiger partial charge is 0.0305 e. The first-order valence-electron chi connectivity index (χ1n) is 5.47. The SMILES string of the molecule is CCCCCC(N)c1cc(C)sc1C. The summed E-state index contributed by atoms with van der Waals surface area (Å²) in [6, 6.07) is 2.50. The van der Waals surface area contributed by atoms with E-state index < -0.39 is 0 Å². The van der Waals surface area contributed by atoms with Crippen LogP contribution in [-0.2, 0) is 0 Å². The van der Waals surface area contributed by atoms with Crippen molar-refractivity contribution in [2.75, 3.05) is 0 Å². The average molecular weight is 211 g/mol. The van der Waals surface area contributed by atoms with Gasteiger partial charge in [0, 0.05) is 15.8 Å². The molecule has 0 radical (unpaired) electrons. The molecule has 0 fully saturated rings. The molecule has 2 N–H and O–H groups in total. The summed E-state index contributed by atoms with van der Waals surface area (Å²) in [4.78, 5) is 2.77. The van der Waals surface area contributed by atoms with Crippen LogP contribution >= 0.6 is 11.3 Å². The number of hydrogen-bond acceptors (Lipinski definition) is 2. The molecular weight excluding hydrogens is 190 g/mol. The van der Waals surface area contributed by atoms with Gasteiger partial charge in [-0.15, -0.1) is 11.3 Å². The highest BCUT2D eigenvalue weighted by Crippen LogP contribution is 2.27. The highest BCUT2D eigenvalue weighted by Gasteiger charge is 2.10. The zero-order valence-electron chi connectivity index (χ0n) is 9.47. The van der Waals surface area contributed by atoms with Crippen LogP contribution in [-0.4, -0.2) is 0 Å². The van der Waals surface area contributed by atoms with Crippen LogP contribution < -0.4 is 5.73 Å². The second-order valence-electron chi connectivity index (χ2n) is 3.97.